The fourth-order valence-electron chi connectivity index (χ4n) is 1.80. The zero-order valence-electron chi connectivity index (χ0n) is 9.87. The fourth-order valence-corrected chi connectivity index (χ4v) is 1.80. The van der Waals surface area contributed by atoms with Crippen LogP contribution in [0.3, 0.4) is 0 Å². The molecule has 6 heteroatoms. The largest absolute Gasteiger partial charge is 0.389 e. The van der Waals surface area contributed by atoms with E-state index in [1.165, 1.54) is 0 Å². The van der Waals surface area contributed by atoms with Crippen LogP contribution in [0.1, 0.15) is 13.3 Å². The third-order valence-electron chi connectivity index (χ3n) is 2.76. The molecule has 0 amide bonds. The zero-order chi connectivity index (χ0) is 12.3. The van der Waals surface area contributed by atoms with E-state index >= 15 is 0 Å². The van der Waals surface area contributed by atoms with Gasteiger partial charge in [0.2, 0.25) is 5.95 Å². The van der Waals surface area contributed by atoms with Crippen molar-refractivity contribution in [1.82, 2.24) is 9.97 Å². The van der Waals surface area contributed by atoms with Crippen LogP contribution >= 0.6 is 0 Å². The van der Waals surface area contributed by atoms with Gasteiger partial charge in [-0.25, -0.2) is 4.98 Å². The number of hydrogen-bond donors (Lipinski definition) is 3. The maximum absolute atomic E-state index is 9.49. The third-order valence-corrected chi connectivity index (χ3v) is 2.76. The van der Waals surface area contributed by atoms with Gasteiger partial charge in [0.05, 0.1) is 12.2 Å². The van der Waals surface area contributed by atoms with Gasteiger partial charge in [-0.15, -0.1) is 0 Å². The summed E-state index contributed by atoms with van der Waals surface area (Å²) < 4.78 is 0. The molecule has 2 rings (SSSR count). The molecule has 6 nitrogen and oxygen atoms in total. The highest BCUT2D eigenvalue weighted by molar-refractivity contribution is 5.44. The summed E-state index contributed by atoms with van der Waals surface area (Å²) in [5.41, 5.74) is 0. The molecule has 1 aliphatic rings. The minimum absolute atomic E-state index is 0.408. The van der Waals surface area contributed by atoms with Crippen molar-refractivity contribution in [1.29, 1.82) is 0 Å². The zero-order valence-corrected chi connectivity index (χ0v) is 9.87. The molecule has 1 aromatic heterocycles. The average molecular weight is 238 g/mol. The normalized spacial score (nSPS) is 24.1. The van der Waals surface area contributed by atoms with E-state index in [1.54, 1.807) is 12.3 Å². The van der Waals surface area contributed by atoms with E-state index in [4.69, 9.17) is 0 Å². The summed E-state index contributed by atoms with van der Waals surface area (Å²) in [6, 6.07) is 1.78. The van der Waals surface area contributed by atoms with Crippen molar-refractivity contribution in [2.45, 2.75) is 25.6 Å². The second-order valence-corrected chi connectivity index (χ2v) is 4.20. The standard InChI is InChI=1S/C11H18N4O2/c1-2-4-12-11-13-5-3-10(14-11)15-6-8(16)9(17)7-15/h3,5,8-9,16-17H,2,4,6-7H2,1H3,(H,12,13,14). The Hall–Kier alpha value is -1.40. The molecule has 17 heavy (non-hydrogen) atoms. The Bertz CT molecular complexity index is 364. The Morgan fingerprint density at radius 2 is 2.12 bits per heavy atom. The van der Waals surface area contributed by atoms with Crippen LogP contribution in [0.4, 0.5) is 11.8 Å². The van der Waals surface area contributed by atoms with Crippen molar-refractivity contribution in [3.05, 3.63) is 12.3 Å². The first-order valence-electron chi connectivity index (χ1n) is 5.88. The molecular weight excluding hydrogens is 220 g/mol. The number of anilines is 2. The fraction of sp³-hybridized carbons (Fsp3) is 0.636. The van der Waals surface area contributed by atoms with Crippen LogP contribution in [0, 0.1) is 0 Å². The predicted molar refractivity (Wildman–Crippen MR) is 65.0 cm³/mol. The maximum Gasteiger partial charge on any atom is 0.224 e. The minimum atomic E-state index is -0.697. The van der Waals surface area contributed by atoms with E-state index in [9.17, 15) is 10.2 Å². The maximum atomic E-state index is 9.49. The van der Waals surface area contributed by atoms with Crippen LogP contribution in [-0.2, 0) is 0 Å². The SMILES string of the molecule is CCCNc1nccc(N2CC(O)C(O)C2)n1. The van der Waals surface area contributed by atoms with Gasteiger partial charge in [0.25, 0.3) is 0 Å². The van der Waals surface area contributed by atoms with E-state index in [2.05, 4.69) is 22.2 Å². The monoisotopic (exact) mass is 238 g/mol. The summed E-state index contributed by atoms with van der Waals surface area (Å²) in [5, 5.41) is 22.1. The Morgan fingerprint density at radius 3 is 2.76 bits per heavy atom. The van der Waals surface area contributed by atoms with Gasteiger partial charge in [-0.2, -0.15) is 4.98 Å². The van der Waals surface area contributed by atoms with Crippen molar-refractivity contribution in [2.24, 2.45) is 0 Å². The smallest absolute Gasteiger partial charge is 0.224 e. The van der Waals surface area contributed by atoms with Crippen molar-refractivity contribution in [3.8, 4) is 0 Å². The number of aromatic nitrogens is 2. The second-order valence-electron chi connectivity index (χ2n) is 4.20. The Kier molecular flexibility index (Phi) is 3.75. The first-order chi connectivity index (χ1) is 8.20. The summed E-state index contributed by atoms with van der Waals surface area (Å²) in [6.07, 6.45) is 1.29. The van der Waals surface area contributed by atoms with E-state index in [0.717, 1.165) is 18.8 Å². The molecular formula is C11H18N4O2. The molecule has 1 fully saturated rings. The van der Waals surface area contributed by atoms with Crippen LogP contribution in [0.25, 0.3) is 0 Å². The predicted octanol–water partition coefficient (Wildman–Crippen LogP) is -0.160. The van der Waals surface area contributed by atoms with Gasteiger partial charge in [0.1, 0.15) is 5.82 Å². The molecule has 1 aromatic rings. The molecule has 94 valence electrons. The van der Waals surface area contributed by atoms with Gasteiger partial charge in [-0.1, -0.05) is 6.92 Å². The molecule has 0 aliphatic carbocycles. The number of nitrogens with zero attached hydrogens (tertiary/aromatic N) is 3. The minimum Gasteiger partial charge on any atom is -0.389 e. The number of aliphatic hydroxyl groups is 2. The second kappa shape index (κ2) is 5.29. The van der Waals surface area contributed by atoms with Gasteiger partial charge in [0.15, 0.2) is 0 Å². The molecule has 0 bridgehead atoms. The first kappa shape index (κ1) is 12.1. The molecule has 1 aliphatic heterocycles. The molecule has 1 saturated heterocycles. The van der Waals surface area contributed by atoms with E-state index in [1.807, 2.05) is 4.90 Å². The molecule has 0 aromatic carbocycles. The summed E-state index contributed by atoms with van der Waals surface area (Å²) in [7, 11) is 0. The molecule has 0 saturated carbocycles. The van der Waals surface area contributed by atoms with Crippen LogP contribution in [0.2, 0.25) is 0 Å². The number of β-amino-alcohol motifs (C(OH)–C–C–N with tert-alkyl or cyclic N) is 2. The topological polar surface area (TPSA) is 81.5 Å². The lowest BCUT2D eigenvalue weighted by Gasteiger charge is -2.16. The Balaban J connectivity index is 2.06. The van der Waals surface area contributed by atoms with Gasteiger partial charge in [-0.05, 0) is 12.5 Å². The molecule has 3 N–H and O–H groups in total. The van der Waals surface area contributed by atoms with Gasteiger partial charge < -0.3 is 20.4 Å². The molecule has 2 heterocycles. The van der Waals surface area contributed by atoms with Crippen LogP contribution in [0.5, 0.6) is 0 Å². The first-order valence-corrected chi connectivity index (χ1v) is 5.88. The molecule has 0 radical (unpaired) electrons. The highest BCUT2D eigenvalue weighted by Gasteiger charge is 2.30. The van der Waals surface area contributed by atoms with Crippen LogP contribution < -0.4 is 10.2 Å². The number of rotatable bonds is 4. The molecule has 2 unspecified atom stereocenters. The van der Waals surface area contributed by atoms with Crippen LogP contribution in [0.15, 0.2) is 12.3 Å². The van der Waals surface area contributed by atoms with Crippen molar-refractivity contribution < 1.29 is 10.2 Å². The van der Waals surface area contributed by atoms with Gasteiger partial charge in [-0.3, -0.25) is 0 Å². The Labute approximate surface area is 100 Å². The number of nitrogens with one attached hydrogen (secondary N) is 1. The highest BCUT2D eigenvalue weighted by Crippen LogP contribution is 2.18. The lowest BCUT2D eigenvalue weighted by molar-refractivity contribution is 0.0572. The van der Waals surface area contributed by atoms with Crippen molar-refractivity contribution >= 4 is 11.8 Å². The van der Waals surface area contributed by atoms with Crippen molar-refractivity contribution in [3.63, 3.8) is 0 Å². The third kappa shape index (κ3) is 2.83. The lowest BCUT2D eigenvalue weighted by atomic mass is 10.3. The summed E-state index contributed by atoms with van der Waals surface area (Å²) in [5.74, 6) is 1.31. The quantitative estimate of drug-likeness (QED) is 0.676. The summed E-state index contributed by atoms with van der Waals surface area (Å²) in [6.45, 7) is 3.72. The number of aliphatic hydroxyl groups excluding tert-OH is 2. The average Bonchev–Trinajstić information content (AvgIpc) is 2.68. The molecule has 0 spiro atoms. The lowest BCUT2D eigenvalue weighted by Crippen LogP contribution is -2.22. The number of hydrogen-bond acceptors (Lipinski definition) is 6. The van der Waals surface area contributed by atoms with E-state index in [-0.39, 0.29) is 0 Å². The highest BCUT2D eigenvalue weighted by atomic mass is 16.3. The summed E-state index contributed by atoms with van der Waals surface area (Å²) in [4.78, 5) is 10.3. The Morgan fingerprint density at radius 1 is 1.41 bits per heavy atom. The van der Waals surface area contributed by atoms with Crippen LogP contribution in [-0.4, -0.2) is 52.0 Å². The van der Waals surface area contributed by atoms with Gasteiger partial charge in [0, 0.05) is 25.8 Å². The van der Waals surface area contributed by atoms with E-state index in [0.29, 0.717) is 19.0 Å². The molecule has 2 atom stereocenters. The van der Waals surface area contributed by atoms with E-state index < -0.39 is 12.2 Å². The van der Waals surface area contributed by atoms with Gasteiger partial charge >= 0.3 is 0 Å². The van der Waals surface area contributed by atoms with Crippen molar-refractivity contribution in [2.75, 3.05) is 29.9 Å². The summed E-state index contributed by atoms with van der Waals surface area (Å²) >= 11 is 0.